The van der Waals surface area contributed by atoms with Crippen LogP contribution in [0.4, 0.5) is 8.78 Å². The van der Waals surface area contributed by atoms with E-state index in [1.165, 1.54) is 18.2 Å². The molecule has 3 unspecified atom stereocenters. The van der Waals surface area contributed by atoms with Crippen LogP contribution in [-0.4, -0.2) is 39.4 Å². The fourth-order valence-corrected chi connectivity index (χ4v) is 3.55. The van der Waals surface area contributed by atoms with E-state index in [9.17, 15) is 8.78 Å². The summed E-state index contributed by atoms with van der Waals surface area (Å²) >= 11 is 0. The zero-order chi connectivity index (χ0) is 18.1. The van der Waals surface area contributed by atoms with E-state index in [0.29, 0.717) is 18.9 Å². The summed E-state index contributed by atoms with van der Waals surface area (Å²) in [6.07, 6.45) is 4.08. The molecule has 27 heavy (non-hydrogen) atoms. The van der Waals surface area contributed by atoms with Gasteiger partial charge in [0.15, 0.2) is 5.96 Å². The summed E-state index contributed by atoms with van der Waals surface area (Å²) in [5.41, 5.74) is 0.172. The lowest BCUT2D eigenvalue weighted by molar-refractivity contribution is 0.392. The molecule has 2 aromatic rings. The molecule has 0 amide bonds. The molecule has 2 aliphatic rings. The Hall–Kier alpha value is -1.78. The molecular weight excluding hydrogens is 465 g/mol. The summed E-state index contributed by atoms with van der Waals surface area (Å²) in [6, 6.07) is 4.20. The molecule has 146 valence electrons. The number of nitrogens with zero attached hydrogens (tertiary/aromatic N) is 4. The maximum Gasteiger partial charge on any atom is 0.191 e. The normalized spacial score (nSPS) is 24.0. The predicted octanol–water partition coefficient (Wildman–Crippen LogP) is 2.60. The van der Waals surface area contributed by atoms with Gasteiger partial charge in [-0.05, 0) is 31.9 Å². The summed E-state index contributed by atoms with van der Waals surface area (Å²) in [5.74, 6) is 0.570. The first-order chi connectivity index (χ1) is 12.7. The Morgan fingerprint density at radius 1 is 1.30 bits per heavy atom. The molecule has 3 atom stereocenters. The first kappa shape index (κ1) is 20.0. The quantitative estimate of drug-likeness (QED) is 0.395. The highest BCUT2D eigenvalue weighted by Crippen LogP contribution is 2.43. The van der Waals surface area contributed by atoms with Crippen LogP contribution in [0.15, 0.2) is 29.5 Å². The van der Waals surface area contributed by atoms with Crippen LogP contribution in [0.5, 0.6) is 0 Å². The van der Waals surface area contributed by atoms with E-state index in [4.69, 9.17) is 0 Å². The van der Waals surface area contributed by atoms with E-state index in [0.717, 1.165) is 25.2 Å². The molecule has 4 rings (SSSR count). The van der Waals surface area contributed by atoms with Crippen molar-refractivity contribution in [1.82, 2.24) is 25.4 Å². The van der Waals surface area contributed by atoms with E-state index < -0.39 is 11.6 Å². The largest absolute Gasteiger partial charge is 0.353 e. The second-order valence-corrected chi connectivity index (χ2v) is 6.79. The highest BCUT2D eigenvalue weighted by Gasteiger charge is 2.42. The highest BCUT2D eigenvalue weighted by molar-refractivity contribution is 14.0. The number of nitrogens with one attached hydrogen (secondary N) is 2. The molecule has 0 bridgehead atoms. The number of aryl methyl sites for hydroxylation is 1. The standard InChI is InChI=1S/C18H22F2N6.HI/c1-2-21-18(24-11-6-7-16-22-10-23-26(16)9-11)25-15-8-12(15)17-13(19)4-3-5-14(17)20;/h3-5,10-12,15H,2,6-9H2,1H3,(H2,21,24,25);1H. The Bertz CT molecular complexity index is 804. The van der Waals surface area contributed by atoms with E-state index >= 15 is 0 Å². The van der Waals surface area contributed by atoms with Crippen LogP contribution in [-0.2, 0) is 13.0 Å². The van der Waals surface area contributed by atoms with Crippen molar-refractivity contribution in [2.75, 3.05) is 6.54 Å². The monoisotopic (exact) mass is 488 g/mol. The predicted molar refractivity (Wildman–Crippen MR) is 109 cm³/mol. The minimum absolute atomic E-state index is 0. The maximum atomic E-state index is 14.0. The van der Waals surface area contributed by atoms with E-state index in [-0.39, 0.29) is 47.5 Å². The molecule has 2 N–H and O–H groups in total. The second kappa shape index (κ2) is 8.49. The SMILES string of the molecule is CCN=C(NC1CCc2ncnn2C1)NC1CC1c1c(F)cccc1F.I. The van der Waals surface area contributed by atoms with Crippen molar-refractivity contribution in [3.8, 4) is 0 Å². The maximum absolute atomic E-state index is 14.0. The first-order valence-corrected chi connectivity index (χ1v) is 9.03. The third-order valence-corrected chi connectivity index (χ3v) is 4.95. The van der Waals surface area contributed by atoms with Gasteiger partial charge in [-0.25, -0.2) is 18.4 Å². The summed E-state index contributed by atoms with van der Waals surface area (Å²) < 4.78 is 29.8. The topological polar surface area (TPSA) is 67.1 Å². The van der Waals surface area contributed by atoms with Crippen LogP contribution in [0, 0.1) is 11.6 Å². The van der Waals surface area contributed by atoms with Gasteiger partial charge in [0.1, 0.15) is 23.8 Å². The fourth-order valence-electron chi connectivity index (χ4n) is 3.55. The molecule has 0 saturated heterocycles. The van der Waals surface area contributed by atoms with Crippen molar-refractivity contribution >= 4 is 29.9 Å². The molecule has 1 aromatic heterocycles. The second-order valence-electron chi connectivity index (χ2n) is 6.79. The summed E-state index contributed by atoms with van der Waals surface area (Å²) in [6.45, 7) is 3.32. The molecule has 1 aliphatic carbocycles. The number of aromatic nitrogens is 3. The number of halogens is 3. The number of rotatable bonds is 4. The lowest BCUT2D eigenvalue weighted by Crippen LogP contribution is -2.48. The lowest BCUT2D eigenvalue weighted by Gasteiger charge is -2.25. The third kappa shape index (κ3) is 4.39. The van der Waals surface area contributed by atoms with Gasteiger partial charge in [0.05, 0.1) is 6.54 Å². The average Bonchev–Trinajstić information content (AvgIpc) is 3.18. The van der Waals surface area contributed by atoms with Gasteiger partial charge in [-0.2, -0.15) is 5.10 Å². The minimum atomic E-state index is -0.479. The van der Waals surface area contributed by atoms with Crippen molar-refractivity contribution in [3.63, 3.8) is 0 Å². The zero-order valence-corrected chi connectivity index (χ0v) is 17.4. The van der Waals surface area contributed by atoms with Crippen LogP contribution in [0.1, 0.15) is 37.1 Å². The molecule has 6 nitrogen and oxygen atoms in total. The van der Waals surface area contributed by atoms with Crippen LogP contribution >= 0.6 is 24.0 Å². The molecular formula is C18H23F2IN6. The third-order valence-electron chi connectivity index (χ3n) is 4.95. The van der Waals surface area contributed by atoms with Gasteiger partial charge in [0, 0.05) is 36.5 Å². The number of guanidine groups is 1. The number of benzene rings is 1. The number of hydrogen-bond donors (Lipinski definition) is 2. The summed E-state index contributed by atoms with van der Waals surface area (Å²) in [5, 5.41) is 11.0. The van der Waals surface area contributed by atoms with Crippen molar-refractivity contribution in [2.45, 2.75) is 50.7 Å². The lowest BCUT2D eigenvalue weighted by atomic mass is 10.1. The van der Waals surface area contributed by atoms with E-state index in [1.807, 2.05) is 11.6 Å². The van der Waals surface area contributed by atoms with E-state index in [2.05, 4.69) is 25.7 Å². The molecule has 1 aliphatic heterocycles. The summed E-state index contributed by atoms with van der Waals surface area (Å²) in [7, 11) is 0. The Balaban J connectivity index is 0.00000210. The molecule has 0 spiro atoms. The van der Waals surface area contributed by atoms with Crippen LogP contribution < -0.4 is 10.6 Å². The van der Waals surface area contributed by atoms with Crippen molar-refractivity contribution in [3.05, 3.63) is 47.5 Å². The zero-order valence-electron chi connectivity index (χ0n) is 15.0. The van der Waals surface area contributed by atoms with Gasteiger partial charge >= 0.3 is 0 Å². The van der Waals surface area contributed by atoms with Crippen LogP contribution in [0.2, 0.25) is 0 Å². The van der Waals surface area contributed by atoms with Crippen LogP contribution in [0.25, 0.3) is 0 Å². The fraction of sp³-hybridized carbons (Fsp3) is 0.500. The molecule has 1 aromatic carbocycles. The number of aliphatic imine (C=N–C) groups is 1. The highest BCUT2D eigenvalue weighted by atomic mass is 127. The first-order valence-electron chi connectivity index (χ1n) is 9.03. The Kier molecular flexibility index (Phi) is 6.28. The Labute approximate surface area is 173 Å². The average molecular weight is 488 g/mol. The molecule has 0 radical (unpaired) electrons. The Morgan fingerprint density at radius 3 is 2.81 bits per heavy atom. The van der Waals surface area contributed by atoms with Crippen LogP contribution in [0.3, 0.4) is 0 Å². The van der Waals surface area contributed by atoms with Gasteiger partial charge in [0.2, 0.25) is 0 Å². The van der Waals surface area contributed by atoms with Gasteiger partial charge in [0.25, 0.3) is 0 Å². The van der Waals surface area contributed by atoms with Gasteiger partial charge in [-0.1, -0.05) is 6.07 Å². The smallest absolute Gasteiger partial charge is 0.191 e. The molecule has 2 heterocycles. The van der Waals surface area contributed by atoms with Crippen molar-refractivity contribution in [1.29, 1.82) is 0 Å². The van der Waals surface area contributed by atoms with Crippen molar-refractivity contribution in [2.24, 2.45) is 4.99 Å². The van der Waals surface area contributed by atoms with E-state index in [1.54, 1.807) is 6.33 Å². The number of hydrogen-bond acceptors (Lipinski definition) is 3. The van der Waals surface area contributed by atoms with Gasteiger partial charge in [-0.3, -0.25) is 4.99 Å². The number of fused-ring (bicyclic) bond motifs is 1. The summed E-state index contributed by atoms with van der Waals surface area (Å²) in [4.78, 5) is 8.71. The van der Waals surface area contributed by atoms with Crippen molar-refractivity contribution < 1.29 is 8.78 Å². The Morgan fingerprint density at radius 2 is 2.07 bits per heavy atom. The molecule has 9 heteroatoms. The minimum Gasteiger partial charge on any atom is -0.353 e. The molecule has 1 fully saturated rings. The molecule has 1 saturated carbocycles. The van der Waals surface area contributed by atoms with Gasteiger partial charge < -0.3 is 10.6 Å². The van der Waals surface area contributed by atoms with Gasteiger partial charge in [-0.15, -0.1) is 24.0 Å².